The van der Waals surface area contributed by atoms with Crippen molar-refractivity contribution < 1.29 is 0 Å². The minimum Gasteiger partial charge on any atom is -0.329 e. The van der Waals surface area contributed by atoms with Crippen LogP contribution in [-0.2, 0) is 6.42 Å². The zero-order valence-corrected chi connectivity index (χ0v) is 6.77. The summed E-state index contributed by atoms with van der Waals surface area (Å²) in [5.41, 5.74) is 6.45. The molecule has 1 unspecified atom stereocenters. The SMILES string of the molecule is N#CC(CN)Cc1cccnc1. The molecule has 1 aromatic heterocycles. The molecule has 62 valence electrons. The molecular formula is C9H11N3. The molecule has 0 aromatic carbocycles. The molecule has 12 heavy (non-hydrogen) atoms. The van der Waals surface area contributed by atoms with Crippen LogP contribution in [0.5, 0.6) is 0 Å². The van der Waals surface area contributed by atoms with E-state index in [1.165, 1.54) is 0 Å². The van der Waals surface area contributed by atoms with Crippen LogP contribution in [0.25, 0.3) is 0 Å². The van der Waals surface area contributed by atoms with Crippen molar-refractivity contribution in [3.8, 4) is 6.07 Å². The van der Waals surface area contributed by atoms with Crippen LogP contribution in [0.4, 0.5) is 0 Å². The number of nitrogens with zero attached hydrogens (tertiary/aromatic N) is 2. The monoisotopic (exact) mass is 161 g/mol. The number of hydrogen-bond donors (Lipinski definition) is 1. The maximum atomic E-state index is 8.64. The normalized spacial score (nSPS) is 12.0. The van der Waals surface area contributed by atoms with E-state index in [1.54, 1.807) is 12.4 Å². The molecule has 0 fully saturated rings. The topological polar surface area (TPSA) is 62.7 Å². The molecule has 2 N–H and O–H groups in total. The highest BCUT2D eigenvalue weighted by molar-refractivity contribution is 5.11. The molecule has 1 aromatic rings. The van der Waals surface area contributed by atoms with Crippen molar-refractivity contribution >= 4 is 0 Å². The number of hydrogen-bond acceptors (Lipinski definition) is 3. The van der Waals surface area contributed by atoms with Gasteiger partial charge < -0.3 is 5.73 Å². The summed E-state index contributed by atoms with van der Waals surface area (Å²) in [4.78, 5) is 3.96. The molecule has 0 saturated carbocycles. The predicted molar refractivity (Wildman–Crippen MR) is 46.1 cm³/mol. The summed E-state index contributed by atoms with van der Waals surface area (Å²) in [7, 11) is 0. The maximum absolute atomic E-state index is 8.64. The molecular weight excluding hydrogens is 150 g/mol. The lowest BCUT2D eigenvalue weighted by Crippen LogP contribution is -2.14. The van der Waals surface area contributed by atoms with E-state index < -0.39 is 0 Å². The molecule has 3 heteroatoms. The average Bonchev–Trinajstić information content (AvgIpc) is 2.16. The van der Waals surface area contributed by atoms with E-state index in [-0.39, 0.29) is 5.92 Å². The summed E-state index contributed by atoms with van der Waals surface area (Å²) >= 11 is 0. The van der Waals surface area contributed by atoms with Crippen molar-refractivity contribution in [1.29, 1.82) is 5.26 Å². The Morgan fingerprint density at radius 2 is 2.50 bits per heavy atom. The third-order valence-corrected chi connectivity index (χ3v) is 1.67. The number of nitrogens with two attached hydrogens (primary N) is 1. The summed E-state index contributed by atoms with van der Waals surface area (Å²) in [5, 5.41) is 8.64. The van der Waals surface area contributed by atoms with Crippen molar-refractivity contribution in [3.63, 3.8) is 0 Å². The summed E-state index contributed by atoms with van der Waals surface area (Å²) in [6.07, 6.45) is 4.17. The van der Waals surface area contributed by atoms with Gasteiger partial charge in [0.2, 0.25) is 0 Å². The largest absolute Gasteiger partial charge is 0.329 e. The molecule has 0 aliphatic carbocycles. The number of rotatable bonds is 3. The van der Waals surface area contributed by atoms with Gasteiger partial charge in [0.1, 0.15) is 0 Å². The Hall–Kier alpha value is -1.40. The molecule has 1 rings (SSSR count). The van der Waals surface area contributed by atoms with Gasteiger partial charge in [-0.25, -0.2) is 0 Å². The fraction of sp³-hybridized carbons (Fsp3) is 0.333. The second kappa shape index (κ2) is 4.47. The molecule has 0 amide bonds. The quantitative estimate of drug-likeness (QED) is 0.710. The van der Waals surface area contributed by atoms with Crippen LogP contribution < -0.4 is 5.73 Å². The van der Waals surface area contributed by atoms with Gasteiger partial charge in [0.05, 0.1) is 12.0 Å². The smallest absolute Gasteiger partial charge is 0.0672 e. The second-order valence-corrected chi connectivity index (χ2v) is 2.63. The Morgan fingerprint density at radius 3 is 3.00 bits per heavy atom. The minimum absolute atomic E-state index is 0.0887. The van der Waals surface area contributed by atoms with E-state index in [2.05, 4.69) is 11.1 Å². The molecule has 0 saturated heterocycles. The Morgan fingerprint density at radius 1 is 1.67 bits per heavy atom. The van der Waals surface area contributed by atoms with Crippen LogP contribution in [-0.4, -0.2) is 11.5 Å². The van der Waals surface area contributed by atoms with E-state index in [0.717, 1.165) is 5.56 Å². The summed E-state index contributed by atoms with van der Waals surface area (Å²) < 4.78 is 0. The molecule has 1 atom stereocenters. The van der Waals surface area contributed by atoms with Gasteiger partial charge in [-0.1, -0.05) is 6.07 Å². The predicted octanol–water partition coefficient (Wildman–Crippen LogP) is 0.723. The zero-order chi connectivity index (χ0) is 8.81. The number of aromatic nitrogens is 1. The zero-order valence-electron chi connectivity index (χ0n) is 6.77. The van der Waals surface area contributed by atoms with Gasteiger partial charge in [0, 0.05) is 18.9 Å². The molecule has 0 spiro atoms. The van der Waals surface area contributed by atoms with E-state index in [0.29, 0.717) is 13.0 Å². The van der Waals surface area contributed by atoms with Gasteiger partial charge in [0.15, 0.2) is 0 Å². The second-order valence-electron chi connectivity index (χ2n) is 2.63. The lowest BCUT2D eigenvalue weighted by Gasteiger charge is -2.03. The maximum Gasteiger partial charge on any atom is 0.0672 e. The fourth-order valence-corrected chi connectivity index (χ4v) is 0.985. The lowest BCUT2D eigenvalue weighted by atomic mass is 10.0. The first kappa shape index (κ1) is 8.69. The third kappa shape index (κ3) is 2.33. The number of nitriles is 1. The van der Waals surface area contributed by atoms with Gasteiger partial charge in [-0.2, -0.15) is 5.26 Å². The lowest BCUT2D eigenvalue weighted by molar-refractivity contribution is 0.672. The number of pyridine rings is 1. The first-order chi connectivity index (χ1) is 5.86. The van der Waals surface area contributed by atoms with Crippen LogP contribution in [0.1, 0.15) is 5.56 Å². The van der Waals surface area contributed by atoms with Crippen LogP contribution >= 0.6 is 0 Å². The molecule has 0 bridgehead atoms. The average molecular weight is 161 g/mol. The van der Waals surface area contributed by atoms with Gasteiger partial charge >= 0.3 is 0 Å². The summed E-state index contributed by atoms with van der Waals surface area (Å²) in [6.45, 7) is 0.408. The highest BCUT2D eigenvalue weighted by atomic mass is 14.6. The summed E-state index contributed by atoms with van der Waals surface area (Å²) in [6, 6.07) is 5.96. The highest BCUT2D eigenvalue weighted by Gasteiger charge is 2.04. The summed E-state index contributed by atoms with van der Waals surface area (Å²) in [5.74, 6) is -0.0887. The first-order valence-electron chi connectivity index (χ1n) is 3.85. The minimum atomic E-state index is -0.0887. The van der Waals surface area contributed by atoms with Gasteiger partial charge in [-0.15, -0.1) is 0 Å². The van der Waals surface area contributed by atoms with Gasteiger partial charge in [-0.05, 0) is 18.1 Å². The molecule has 0 aliphatic heterocycles. The van der Waals surface area contributed by atoms with Crippen LogP contribution in [0.3, 0.4) is 0 Å². The standard InChI is InChI=1S/C9H11N3/c10-5-9(6-11)4-8-2-1-3-12-7-8/h1-3,7,9H,4-5,10H2. The van der Waals surface area contributed by atoms with Crippen LogP contribution in [0.2, 0.25) is 0 Å². The van der Waals surface area contributed by atoms with Crippen molar-refractivity contribution in [2.45, 2.75) is 6.42 Å². The van der Waals surface area contributed by atoms with E-state index >= 15 is 0 Å². The van der Waals surface area contributed by atoms with Gasteiger partial charge in [0.25, 0.3) is 0 Å². The molecule has 0 radical (unpaired) electrons. The van der Waals surface area contributed by atoms with E-state index in [9.17, 15) is 0 Å². The Balaban J connectivity index is 2.58. The van der Waals surface area contributed by atoms with Crippen molar-refractivity contribution in [1.82, 2.24) is 4.98 Å². The van der Waals surface area contributed by atoms with Gasteiger partial charge in [-0.3, -0.25) is 4.98 Å². The molecule has 0 aliphatic rings. The van der Waals surface area contributed by atoms with Crippen LogP contribution in [0, 0.1) is 17.2 Å². The van der Waals surface area contributed by atoms with E-state index in [1.807, 2.05) is 12.1 Å². The highest BCUT2D eigenvalue weighted by Crippen LogP contribution is 2.04. The first-order valence-corrected chi connectivity index (χ1v) is 3.85. The Labute approximate surface area is 71.8 Å². The van der Waals surface area contributed by atoms with E-state index in [4.69, 9.17) is 11.0 Å². The Kier molecular flexibility index (Phi) is 3.24. The van der Waals surface area contributed by atoms with Crippen molar-refractivity contribution in [2.75, 3.05) is 6.54 Å². The fourth-order valence-electron chi connectivity index (χ4n) is 0.985. The van der Waals surface area contributed by atoms with Crippen molar-refractivity contribution in [3.05, 3.63) is 30.1 Å². The Bertz CT molecular complexity index is 263. The molecule has 1 heterocycles. The molecule has 3 nitrogen and oxygen atoms in total. The van der Waals surface area contributed by atoms with Crippen molar-refractivity contribution in [2.24, 2.45) is 11.7 Å². The third-order valence-electron chi connectivity index (χ3n) is 1.67. The van der Waals surface area contributed by atoms with Crippen LogP contribution in [0.15, 0.2) is 24.5 Å².